The van der Waals surface area contributed by atoms with E-state index in [1.54, 1.807) is 12.1 Å². The van der Waals surface area contributed by atoms with Gasteiger partial charge in [0.25, 0.3) is 0 Å². The van der Waals surface area contributed by atoms with Crippen LogP contribution in [0.5, 0.6) is 0 Å². The summed E-state index contributed by atoms with van der Waals surface area (Å²) in [6, 6.07) is 20.2. The van der Waals surface area contributed by atoms with Crippen molar-refractivity contribution in [2.45, 2.75) is 19.4 Å². The molecular formula is C24H26N4O. The molecule has 1 fully saturated rings. The van der Waals surface area contributed by atoms with Crippen LogP contribution in [0.15, 0.2) is 66.4 Å². The zero-order chi connectivity index (χ0) is 20.1. The number of carbonyl (C=O) groups excluding carboxylic acids is 1. The van der Waals surface area contributed by atoms with E-state index in [1.165, 1.54) is 5.56 Å². The number of benzene rings is 2. The van der Waals surface area contributed by atoms with Crippen molar-refractivity contribution in [3.63, 3.8) is 0 Å². The second-order valence-electron chi connectivity index (χ2n) is 7.88. The minimum absolute atomic E-state index is 0.0636. The Bertz CT molecular complexity index is 923. The lowest BCUT2D eigenvalue weighted by atomic mass is 9.96. The minimum Gasteiger partial charge on any atom is -0.356 e. The number of piperidine rings is 1. The molecular weight excluding hydrogens is 360 g/mol. The van der Waals surface area contributed by atoms with Crippen LogP contribution < -0.4 is 5.32 Å². The van der Waals surface area contributed by atoms with Crippen molar-refractivity contribution in [2.24, 2.45) is 5.92 Å². The van der Waals surface area contributed by atoms with E-state index in [0.29, 0.717) is 18.0 Å². The lowest BCUT2D eigenvalue weighted by Gasteiger charge is -2.34. The molecule has 5 heteroatoms. The van der Waals surface area contributed by atoms with Crippen LogP contribution in [0, 0.1) is 17.2 Å². The molecule has 2 aliphatic heterocycles. The summed E-state index contributed by atoms with van der Waals surface area (Å²) in [5.74, 6) is 0.610. The van der Waals surface area contributed by atoms with Crippen LogP contribution in [0.3, 0.4) is 0 Å². The molecule has 29 heavy (non-hydrogen) atoms. The number of para-hydroxylation sites is 1. The summed E-state index contributed by atoms with van der Waals surface area (Å²) < 4.78 is 0. The van der Waals surface area contributed by atoms with Gasteiger partial charge in [-0.3, -0.25) is 9.69 Å². The molecule has 0 radical (unpaired) electrons. The predicted molar refractivity (Wildman–Crippen MR) is 114 cm³/mol. The molecule has 0 spiro atoms. The van der Waals surface area contributed by atoms with Crippen molar-refractivity contribution >= 4 is 11.6 Å². The van der Waals surface area contributed by atoms with Crippen molar-refractivity contribution in [1.29, 1.82) is 5.26 Å². The van der Waals surface area contributed by atoms with Crippen LogP contribution in [0.25, 0.3) is 0 Å². The number of amides is 1. The maximum Gasteiger partial charge on any atom is 0.248 e. The molecule has 0 atom stereocenters. The largest absolute Gasteiger partial charge is 0.356 e. The topological polar surface area (TPSA) is 59.4 Å². The Morgan fingerprint density at radius 1 is 1.03 bits per heavy atom. The fourth-order valence-corrected chi connectivity index (χ4v) is 4.14. The fraction of sp³-hybridized carbons (Fsp3) is 0.333. The first-order chi connectivity index (χ1) is 14.2. The SMILES string of the molecule is N#Cc1ccccc1NC1=CC(=O)N(CC2CCN(Cc3ccccc3)CC2)C1. The van der Waals surface area contributed by atoms with Gasteiger partial charge in [0.15, 0.2) is 0 Å². The second-order valence-corrected chi connectivity index (χ2v) is 7.88. The van der Waals surface area contributed by atoms with Gasteiger partial charge >= 0.3 is 0 Å². The fourth-order valence-electron chi connectivity index (χ4n) is 4.14. The third-order valence-electron chi connectivity index (χ3n) is 5.75. The van der Waals surface area contributed by atoms with Crippen LogP contribution in [-0.2, 0) is 11.3 Å². The maximum atomic E-state index is 12.4. The van der Waals surface area contributed by atoms with E-state index >= 15 is 0 Å². The first-order valence-electron chi connectivity index (χ1n) is 10.2. The average molecular weight is 386 g/mol. The number of nitrogens with zero attached hydrogens (tertiary/aromatic N) is 3. The summed E-state index contributed by atoms with van der Waals surface area (Å²) in [5, 5.41) is 12.5. The molecule has 0 unspecified atom stereocenters. The Morgan fingerprint density at radius 2 is 1.76 bits per heavy atom. The Labute approximate surface area is 172 Å². The van der Waals surface area contributed by atoms with Gasteiger partial charge in [0.2, 0.25) is 5.91 Å². The maximum absolute atomic E-state index is 12.4. The molecule has 2 aromatic carbocycles. The highest BCUT2D eigenvalue weighted by atomic mass is 16.2. The lowest BCUT2D eigenvalue weighted by Crippen LogP contribution is -2.39. The molecule has 0 aliphatic carbocycles. The van der Waals surface area contributed by atoms with Crippen molar-refractivity contribution in [3.8, 4) is 6.07 Å². The molecule has 2 heterocycles. The number of carbonyl (C=O) groups is 1. The van der Waals surface area contributed by atoms with Gasteiger partial charge in [-0.1, -0.05) is 42.5 Å². The number of likely N-dealkylation sites (tertiary alicyclic amines) is 1. The minimum atomic E-state index is 0.0636. The van der Waals surface area contributed by atoms with Crippen LogP contribution >= 0.6 is 0 Å². The van der Waals surface area contributed by atoms with Crippen LogP contribution in [0.1, 0.15) is 24.0 Å². The van der Waals surface area contributed by atoms with Gasteiger partial charge < -0.3 is 10.2 Å². The van der Waals surface area contributed by atoms with Gasteiger partial charge in [0.05, 0.1) is 17.8 Å². The summed E-state index contributed by atoms with van der Waals surface area (Å²) in [6.45, 7) is 4.55. The molecule has 2 aliphatic rings. The van der Waals surface area contributed by atoms with E-state index in [0.717, 1.165) is 50.4 Å². The number of hydrogen-bond donors (Lipinski definition) is 1. The van der Waals surface area contributed by atoms with E-state index in [-0.39, 0.29) is 5.91 Å². The standard InChI is InChI=1S/C24H26N4O/c25-15-21-8-4-5-9-23(21)26-22-14-24(29)28(18-22)17-20-10-12-27(13-11-20)16-19-6-2-1-3-7-19/h1-9,14,20,26H,10-13,16-18H2. The Morgan fingerprint density at radius 3 is 2.52 bits per heavy atom. The highest BCUT2D eigenvalue weighted by Gasteiger charge is 2.27. The number of nitriles is 1. The van der Waals surface area contributed by atoms with Crippen LogP contribution in [-0.4, -0.2) is 41.9 Å². The highest BCUT2D eigenvalue weighted by Crippen LogP contribution is 2.24. The summed E-state index contributed by atoms with van der Waals surface area (Å²) in [5.41, 5.74) is 3.56. The Balaban J connectivity index is 1.26. The molecule has 4 rings (SSSR count). The Hall–Kier alpha value is -3.10. The number of hydrogen-bond acceptors (Lipinski definition) is 4. The molecule has 1 N–H and O–H groups in total. The van der Waals surface area contributed by atoms with Crippen molar-refractivity contribution in [1.82, 2.24) is 9.80 Å². The average Bonchev–Trinajstić information content (AvgIpc) is 3.09. The van der Waals surface area contributed by atoms with E-state index in [9.17, 15) is 10.1 Å². The smallest absolute Gasteiger partial charge is 0.248 e. The number of nitrogens with one attached hydrogen (secondary N) is 1. The monoisotopic (exact) mass is 386 g/mol. The van der Waals surface area contributed by atoms with E-state index in [1.807, 2.05) is 23.1 Å². The number of anilines is 1. The van der Waals surface area contributed by atoms with Gasteiger partial charge in [0.1, 0.15) is 6.07 Å². The summed E-state index contributed by atoms with van der Waals surface area (Å²) >= 11 is 0. The summed E-state index contributed by atoms with van der Waals surface area (Å²) in [4.78, 5) is 16.9. The molecule has 5 nitrogen and oxygen atoms in total. The van der Waals surface area contributed by atoms with E-state index in [2.05, 4.69) is 46.6 Å². The highest BCUT2D eigenvalue weighted by molar-refractivity contribution is 5.92. The van der Waals surface area contributed by atoms with Crippen molar-refractivity contribution < 1.29 is 4.79 Å². The van der Waals surface area contributed by atoms with Gasteiger partial charge in [0, 0.05) is 24.9 Å². The Kier molecular flexibility index (Phi) is 5.92. The van der Waals surface area contributed by atoms with Gasteiger partial charge in [-0.2, -0.15) is 5.26 Å². The third kappa shape index (κ3) is 4.85. The van der Waals surface area contributed by atoms with E-state index in [4.69, 9.17) is 0 Å². The quantitative estimate of drug-likeness (QED) is 0.824. The van der Waals surface area contributed by atoms with Gasteiger partial charge in [-0.25, -0.2) is 0 Å². The lowest BCUT2D eigenvalue weighted by molar-refractivity contribution is -0.125. The molecule has 148 valence electrons. The first-order valence-corrected chi connectivity index (χ1v) is 10.2. The second kappa shape index (κ2) is 8.93. The molecule has 0 aromatic heterocycles. The van der Waals surface area contributed by atoms with Crippen molar-refractivity contribution in [2.75, 3.05) is 31.5 Å². The molecule has 0 bridgehead atoms. The van der Waals surface area contributed by atoms with Gasteiger partial charge in [-0.15, -0.1) is 0 Å². The predicted octanol–water partition coefficient (Wildman–Crippen LogP) is 3.61. The zero-order valence-electron chi connectivity index (χ0n) is 16.6. The summed E-state index contributed by atoms with van der Waals surface area (Å²) in [7, 11) is 0. The molecule has 0 saturated carbocycles. The van der Waals surface area contributed by atoms with Crippen LogP contribution in [0.4, 0.5) is 5.69 Å². The molecule has 2 aromatic rings. The number of rotatable bonds is 6. The van der Waals surface area contributed by atoms with Gasteiger partial charge in [-0.05, 0) is 49.5 Å². The van der Waals surface area contributed by atoms with Crippen molar-refractivity contribution in [3.05, 3.63) is 77.5 Å². The zero-order valence-corrected chi connectivity index (χ0v) is 16.6. The molecule has 1 amide bonds. The van der Waals surface area contributed by atoms with E-state index < -0.39 is 0 Å². The molecule has 1 saturated heterocycles. The first kappa shape index (κ1) is 19.2. The normalized spacial score (nSPS) is 17.8. The van der Waals surface area contributed by atoms with Crippen LogP contribution in [0.2, 0.25) is 0 Å². The third-order valence-corrected chi connectivity index (χ3v) is 5.75. The summed E-state index contributed by atoms with van der Waals surface area (Å²) in [6.07, 6.45) is 3.91.